The normalized spacial score (nSPS) is 24.9. The minimum absolute atomic E-state index is 0.00354. The molecule has 6 nitrogen and oxygen atoms in total. The maximum Gasteiger partial charge on any atom is 0.307 e. The van der Waals surface area contributed by atoms with Crippen molar-refractivity contribution in [1.82, 2.24) is 4.31 Å². The molecule has 0 spiro atoms. The van der Waals surface area contributed by atoms with E-state index >= 15 is 0 Å². The lowest BCUT2D eigenvalue weighted by atomic mass is 10.2. The van der Waals surface area contributed by atoms with E-state index in [9.17, 15) is 13.6 Å². The number of hydrogen-bond donors (Lipinski definition) is 2. The molecule has 1 aliphatic heterocycles. The number of morpholine rings is 1. The van der Waals surface area contributed by atoms with Crippen LogP contribution < -0.4 is 0 Å². The maximum absolute atomic E-state index is 11.3. The minimum Gasteiger partial charge on any atom is -0.486 e. The predicted octanol–water partition coefficient (Wildman–Crippen LogP) is 1.44. The molecule has 0 saturated carbocycles. The van der Waals surface area contributed by atoms with Gasteiger partial charge in [-0.25, -0.2) is 4.21 Å². The van der Waals surface area contributed by atoms with Crippen LogP contribution in [0.2, 0.25) is 0 Å². The minimum atomic E-state index is -2.27. The summed E-state index contributed by atoms with van der Waals surface area (Å²) < 4.78 is 27.2. The molecule has 2 atom stereocenters. The second-order valence-corrected chi connectivity index (χ2v) is 4.59. The number of carboxylic acids is 1. The maximum atomic E-state index is 11.3. The van der Waals surface area contributed by atoms with Gasteiger partial charge in [-0.15, -0.1) is 0 Å². The van der Waals surface area contributed by atoms with E-state index < -0.39 is 23.3 Å². The zero-order valence-electron chi connectivity index (χ0n) is 10.2. The van der Waals surface area contributed by atoms with Crippen molar-refractivity contribution >= 4 is 17.2 Å². The van der Waals surface area contributed by atoms with Crippen molar-refractivity contribution in [3.63, 3.8) is 0 Å². The summed E-state index contributed by atoms with van der Waals surface area (Å²) in [5.41, 5.74) is 0.359. The van der Waals surface area contributed by atoms with Crippen LogP contribution in [0.1, 0.15) is 6.42 Å². The van der Waals surface area contributed by atoms with Crippen molar-refractivity contribution in [3.05, 3.63) is 48.9 Å². The van der Waals surface area contributed by atoms with Gasteiger partial charge >= 0.3 is 5.97 Å². The molecule has 7 heteroatoms. The molecule has 0 aromatic carbocycles. The fourth-order valence-electron chi connectivity index (χ4n) is 1.64. The summed E-state index contributed by atoms with van der Waals surface area (Å²) in [6, 6.07) is 0. The first-order valence-electron chi connectivity index (χ1n) is 5.42. The van der Waals surface area contributed by atoms with Gasteiger partial charge in [0.05, 0.1) is 18.7 Å². The van der Waals surface area contributed by atoms with Crippen LogP contribution in [0, 0.1) is 0 Å². The molecule has 0 aromatic rings. The van der Waals surface area contributed by atoms with Gasteiger partial charge in [0, 0.05) is 0 Å². The summed E-state index contributed by atoms with van der Waals surface area (Å²) in [5, 5.41) is 8.77. The molecule has 0 radical (unpaired) electrons. The first-order chi connectivity index (χ1) is 8.99. The molecule has 1 unspecified atom stereocenters. The zero-order chi connectivity index (χ0) is 14.4. The molecule has 0 amide bonds. The average molecular weight is 285 g/mol. The van der Waals surface area contributed by atoms with Crippen LogP contribution in [-0.4, -0.2) is 36.8 Å². The molecule has 0 aromatic heterocycles. The third-order valence-corrected chi connectivity index (χ3v) is 3.04. The van der Waals surface area contributed by atoms with E-state index in [0.29, 0.717) is 5.70 Å². The summed E-state index contributed by atoms with van der Waals surface area (Å²) in [4.78, 5) is 10.7. The van der Waals surface area contributed by atoms with E-state index in [-0.39, 0.29) is 18.7 Å². The highest BCUT2D eigenvalue weighted by Gasteiger charge is 2.32. The summed E-state index contributed by atoms with van der Waals surface area (Å²) in [7, 11) is 0. The molecule has 1 heterocycles. The van der Waals surface area contributed by atoms with Gasteiger partial charge in [0.15, 0.2) is 0 Å². The molecule has 19 heavy (non-hydrogen) atoms. The Morgan fingerprint density at radius 2 is 2.11 bits per heavy atom. The molecule has 1 fully saturated rings. The Labute approximate surface area is 113 Å². The smallest absolute Gasteiger partial charge is 0.307 e. The number of carbonyl (C=O) groups is 1. The van der Waals surface area contributed by atoms with Crippen molar-refractivity contribution in [2.45, 2.75) is 12.5 Å². The molecule has 1 saturated heterocycles. The first kappa shape index (κ1) is 15.2. The van der Waals surface area contributed by atoms with E-state index in [0.717, 1.165) is 4.31 Å². The van der Waals surface area contributed by atoms with E-state index in [4.69, 9.17) is 9.84 Å². The summed E-state index contributed by atoms with van der Waals surface area (Å²) >= 11 is -2.27. The number of ether oxygens (including phenoxy) is 1. The van der Waals surface area contributed by atoms with E-state index in [2.05, 4.69) is 13.2 Å². The van der Waals surface area contributed by atoms with Gasteiger partial charge in [-0.1, -0.05) is 25.3 Å². The van der Waals surface area contributed by atoms with Gasteiger partial charge in [0.2, 0.25) is 0 Å². The van der Waals surface area contributed by atoms with Crippen molar-refractivity contribution in [1.29, 1.82) is 0 Å². The number of carboxylic acid groups (broad SMARTS) is 1. The lowest BCUT2D eigenvalue weighted by molar-refractivity contribution is -0.139. The molecule has 0 aliphatic carbocycles. The zero-order valence-corrected chi connectivity index (χ0v) is 11.0. The number of hydrogen-bond acceptors (Lipinski definition) is 3. The Bertz CT molecular complexity index is 469. The van der Waals surface area contributed by atoms with Gasteiger partial charge in [0.25, 0.3) is 11.3 Å². The number of rotatable bonds is 5. The number of allylic oxidation sites excluding steroid dienone is 4. The summed E-state index contributed by atoms with van der Waals surface area (Å²) in [5.74, 6) is -0.752. The highest BCUT2D eigenvalue weighted by Crippen LogP contribution is 2.27. The second kappa shape index (κ2) is 6.91. The quantitative estimate of drug-likeness (QED) is 0.746. The van der Waals surface area contributed by atoms with E-state index in [1.54, 1.807) is 0 Å². The van der Waals surface area contributed by atoms with Gasteiger partial charge in [-0.2, -0.15) is 0 Å². The van der Waals surface area contributed by atoms with Crippen LogP contribution in [0.5, 0.6) is 0 Å². The Balaban J connectivity index is 3.11. The SMILES string of the molecule is C=C/C=C1/O[C@@H](CC(=O)O)CN(S(=O)O)/C1=C/C=C. The Hall–Kier alpha value is -1.86. The second-order valence-electron chi connectivity index (χ2n) is 3.68. The Kier molecular flexibility index (Phi) is 5.53. The van der Waals surface area contributed by atoms with Crippen LogP contribution in [-0.2, 0) is 20.8 Å². The van der Waals surface area contributed by atoms with Crippen molar-refractivity contribution in [2.75, 3.05) is 6.54 Å². The Morgan fingerprint density at radius 1 is 1.47 bits per heavy atom. The van der Waals surface area contributed by atoms with Crippen molar-refractivity contribution in [3.8, 4) is 0 Å². The molecule has 104 valence electrons. The molecule has 0 bridgehead atoms. The average Bonchev–Trinajstić information content (AvgIpc) is 2.31. The molecule has 1 aliphatic rings. The largest absolute Gasteiger partial charge is 0.486 e. The molecular weight excluding hydrogens is 270 g/mol. The predicted molar refractivity (Wildman–Crippen MR) is 71.2 cm³/mol. The number of nitrogens with zero attached hydrogens (tertiary/aromatic N) is 1. The van der Waals surface area contributed by atoms with Crippen molar-refractivity contribution < 1.29 is 23.4 Å². The lowest BCUT2D eigenvalue weighted by Gasteiger charge is -2.34. The van der Waals surface area contributed by atoms with Gasteiger partial charge in [0.1, 0.15) is 11.9 Å². The van der Waals surface area contributed by atoms with Gasteiger partial charge < -0.3 is 9.84 Å². The lowest BCUT2D eigenvalue weighted by Crippen LogP contribution is -2.41. The molecular formula is C12H15NO5S. The third kappa shape index (κ3) is 4.08. The highest BCUT2D eigenvalue weighted by atomic mass is 32.2. The molecule has 2 N–H and O–H groups in total. The van der Waals surface area contributed by atoms with Gasteiger partial charge in [-0.05, 0) is 12.2 Å². The standard InChI is InChI=1S/C12H15NO5S/c1-3-5-10-11(6-4-2)18-9(7-12(14)15)8-13(10)19(16)17/h3-6,9H,1-2,7-8H2,(H,14,15)(H,16,17)/b10-5+,11-6+/t9-/m0/s1. The topological polar surface area (TPSA) is 87.1 Å². The fraction of sp³-hybridized carbons (Fsp3) is 0.250. The van der Waals surface area contributed by atoms with Crippen LogP contribution >= 0.6 is 0 Å². The Morgan fingerprint density at radius 3 is 2.58 bits per heavy atom. The monoisotopic (exact) mass is 285 g/mol. The summed E-state index contributed by atoms with van der Waals surface area (Å²) in [6.45, 7) is 7.05. The van der Waals surface area contributed by atoms with Crippen LogP contribution in [0.3, 0.4) is 0 Å². The number of aliphatic carboxylic acids is 1. The van der Waals surface area contributed by atoms with Crippen LogP contribution in [0.4, 0.5) is 0 Å². The van der Waals surface area contributed by atoms with Crippen LogP contribution in [0.15, 0.2) is 48.9 Å². The first-order valence-corrected chi connectivity index (χ1v) is 6.48. The van der Waals surface area contributed by atoms with E-state index in [1.165, 1.54) is 24.3 Å². The fourth-order valence-corrected chi connectivity index (χ4v) is 2.25. The summed E-state index contributed by atoms with van der Waals surface area (Å²) in [6.07, 6.45) is 4.95. The van der Waals surface area contributed by atoms with Crippen LogP contribution in [0.25, 0.3) is 0 Å². The van der Waals surface area contributed by atoms with E-state index in [1.807, 2.05) is 0 Å². The third-order valence-electron chi connectivity index (χ3n) is 2.32. The van der Waals surface area contributed by atoms with Gasteiger partial charge in [-0.3, -0.25) is 13.7 Å². The molecule has 1 rings (SSSR count). The highest BCUT2D eigenvalue weighted by molar-refractivity contribution is 7.76. The van der Waals surface area contributed by atoms with Crippen molar-refractivity contribution in [2.24, 2.45) is 0 Å².